The van der Waals surface area contributed by atoms with E-state index in [0.717, 1.165) is 0 Å². The van der Waals surface area contributed by atoms with Crippen molar-refractivity contribution < 1.29 is 24.2 Å². The lowest BCUT2D eigenvalue weighted by Gasteiger charge is -2.07. The summed E-state index contributed by atoms with van der Waals surface area (Å²) >= 11 is 1.18. The molecule has 0 unspecified atom stereocenters. The molecule has 0 aliphatic heterocycles. The summed E-state index contributed by atoms with van der Waals surface area (Å²) in [6.07, 6.45) is 0.0260. The Balaban J connectivity index is 1.50. The van der Waals surface area contributed by atoms with Gasteiger partial charge in [-0.15, -0.1) is 10.2 Å². The van der Waals surface area contributed by atoms with Gasteiger partial charge in [-0.25, -0.2) is 4.79 Å². The van der Waals surface area contributed by atoms with Gasteiger partial charge in [-0.3, -0.25) is 9.59 Å². The molecule has 3 aromatic rings. The molecule has 10 nitrogen and oxygen atoms in total. The van der Waals surface area contributed by atoms with Crippen LogP contribution >= 0.6 is 11.8 Å². The van der Waals surface area contributed by atoms with Crippen LogP contribution in [0.25, 0.3) is 0 Å². The average molecular weight is 455 g/mol. The van der Waals surface area contributed by atoms with Gasteiger partial charge in [0.15, 0.2) is 5.16 Å². The van der Waals surface area contributed by atoms with Crippen LogP contribution in [0.1, 0.15) is 16.2 Å². The van der Waals surface area contributed by atoms with Crippen molar-refractivity contribution in [1.29, 1.82) is 0 Å². The third kappa shape index (κ3) is 6.08. The Bertz CT molecular complexity index is 1110. The van der Waals surface area contributed by atoms with Gasteiger partial charge >= 0.3 is 5.97 Å². The summed E-state index contributed by atoms with van der Waals surface area (Å²) in [7, 11) is 3.29. The molecule has 1 heterocycles. The number of ether oxygens (including phenoxy) is 1. The fourth-order valence-electron chi connectivity index (χ4n) is 2.67. The Hall–Kier alpha value is -3.86. The van der Waals surface area contributed by atoms with E-state index in [1.54, 1.807) is 43.0 Å². The second-order valence-electron chi connectivity index (χ2n) is 6.63. The summed E-state index contributed by atoms with van der Waals surface area (Å²) < 4.78 is 6.75. The number of anilines is 2. The molecule has 0 aliphatic carbocycles. The van der Waals surface area contributed by atoms with Gasteiger partial charge < -0.3 is 25.0 Å². The second kappa shape index (κ2) is 10.4. The lowest BCUT2D eigenvalue weighted by atomic mass is 10.2. The van der Waals surface area contributed by atoms with E-state index >= 15 is 0 Å². The second-order valence-corrected chi connectivity index (χ2v) is 7.57. The maximum Gasteiger partial charge on any atom is 0.335 e. The van der Waals surface area contributed by atoms with Gasteiger partial charge in [0.1, 0.15) is 11.6 Å². The van der Waals surface area contributed by atoms with E-state index < -0.39 is 5.97 Å². The number of thioether (sulfide) groups is 1. The number of nitrogens with one attached hydrogen (secondary N) is 2. The smallest absolute Gasteiger partial charge is 0.335 e. The van der Waals surface area contributed by atoms with Crippen molar-refractivity contribution in [2.45, 2.75) is 11.6 Å². The fraction of sp³-hybridized carbons (Fsp3) is 0.190. The van der Waals surface area contributed by atoms with E-state index in [-0.39, 0.29) is 29.6 Å². The Morgan fingerprint density at radius 3 is 2.16 bits per heavy atom. The summed E-state index contributed by atoms with van der Waals surface area (Å²) in [4.78, 5) is 35.3. The van der Waals surface area contributed by atoms with Gasteiger partial charge in [-0.1, -0.05) is 11.8 Å². The van der Waals surface area contributed by atoms with Crippen molar-refractivity contribution in [3.05, 3.63) is 59.9 Å². The van der Waals surface area contributed by atoms with Crippen LogP contribution in [0, 0.1) is 0 Å². The quantitative estimate of drug-likeness (QED) is 0.419. The molecule has 0 spiro atoms. The number of hydrogen-bond donors (Lipinski definition) is 3. The minimum atomic E-state index is -1.03. The first-order valence-corrected chi connectivity index (χ1v) is 10.4. The van der Waals surface area contributed by atoms with Crippen molar-refractivity contribution in [2.75, 3.05) is 23.5 Å². The molecule has 2 aromatic carbocycles. The first-order valence-electron chi connectivity index (χ1n) is 9.44. The van der Waals surface area contributed by atoms with Crippen LogP contribution in [0.15, 0.2) is 53.7 Å². The number of hydrogen-bond acceptors (Lipinski definition) is 7. The molecule has 0 saturated heterocycles. The molecule has 2 amide bonds. The molecule has 3 rings (SSSR count). The van der Waals surface area contributed by atoms with Crippen molar-refractivity contribution in [3.63, 3.8) is 0 Å². The number of rotatable bonds is 9. The van der Waals surface area contributed by atoms with Crippen LogP contribution < -0.4 is 15.4 Å². The monoisotopic (exact) mass is 455 g/mol. The summed E-state index contributed by atoms with van der Waals surface area (Å²) in [5.74, 6) is -0.327. The average Bonchev–Trinajstić information content (AvgIpc) is 3.12. The van der Waals surface area contributed by atoms with Crippen LogP contribution in [0.3, 0.4) is 0 Å². The number of aromatic carboxylic acids is 1. The molecule has 0 saturated carbocycles. The molecule has 32 heavy (non-hydrogen) atoms. The van der Waals surface area contributed by atoms with Gasteiger partial charge in [0, 0.05) is 18.4 Å². The fourth-order valence-corrected chi connectivity index (χ4v) is 3.40. The number of carboxylic acids is 1. The van der Waals surface area contributed by atoms with E-state index in [1.807, 2.05) is 0 Å². The van der Waals surface area contributed by atoms with Gasteiger partial charge in [0.25, 0.3) is 0 Å². The Morgan fingerprint density at radius 2 is 1.56 bits per heavy atom. The van der Waals surface area contributed by atoms with E-state index in [1.165, 1.54) is 36.0 Å². The van der Waals surface area contributed by atoms with Crippen molar-refractivity contribution >= 4 is 40.9 Å². The lowest BCUT2D eigenvalue weighted by Crippen LogP contribution is -2.17. The molecular formula is C21H21N5O5S. The zero-order valence-corrected chi connectivity index (χ0v) is 18.2. The lowest BCUT2D eigenvalue weighted by molar-refractivity contribution is -0.116. The number of amides is 2. The molecule has 1 aromatic heterocycles. The zero-order chi connectivity index (χ0) is 23.1. The van der Waals surface area contributed by atoms with E-state index in [2.05, 4.69) is 20.8 Å². The zero-order valence-electron chi connectivity index (χ0n) is 17.4. The highest BCUT2D eigenvalue weighted by Crippen LogP contribution is 2.18. The maximum absolute atomic E-state index is 12.3. The predicted molar refractivity (Wildman–Crippen MR) is 119 cm³/mol. The molecule has 0 atom stereocenters. The molecule has 166 valence electrons. The third-order valence-electron chi connectivity index (χ3n) is 4.37. The molecule has 0 fully saturated rings. The topological polar surface area (TPSA) is 135 Å². The molecule has 0 aliphatic rings. The Labute approximate surface area is 188 Å². The summed E-state index contributed by atoms with van der Waals surface area (Å²) in [6, 6.07) is 12.8. The van der Waals surface area contributed by atoms with Gasteiger partial charge in [-0.2, -0.15) is 0 Å². The predicted octanol–water partition coefficient (Wildman–Crippen LogP) is 2.43. The van der Waals surface area contributed by atoms with Crippen molar-refractivity contribution in [3.8, 4) is 5.75 Å². The summed E-state index contributed by atoms with van der Waals surface area (Å²) in [5.41, 5.74) is 1.27. The molecule has 11 heteroatoms. The van der Waals surface area contributed by atoms with Gasteiger partial charge in [0.2, 0.25) is 11.8 Å². The minimum absolute atomic E-state index is 0.0260. The Morgan fingerprint density at radius 1 is 0.969 bits per heavy atom. The van der Waals surface area contributed by atoms with Crippen LogP contribution in [0.4, 0.5) is 11.4 Å². The first kappa shape index (κ1) is 22.8. The van der Waals surface area contributed by atoms with E-state index in [0.29, 0.717) is 28.1 Å². The minimum Gasteiger partial charge on any atom is -0.497 e. The number of benzene rings is 2. The SMILES string of the molecule is COc1ccc(NC(=O)Cc2nnc(SCC(=O)Nc3ccc(C(=O)O)cc3)n2C)cc1. The molecular weight excluding hydrogens is 434 g/mol. The molecule has 3 N–H and O–H groups in total. The number of carbonyl (C=O) groups is 3. The number of carboxylic acid groups (broad SMARTS) is 1. The van der Waals surface area contributed by atoms with Crippen molar-refractivity contribution in [2.24, 2.45) is 7.05 Å². The van der Waals surface area contributed by atoms with Crippen molar-refractivity contribution in [1.82, 2.24) is 14.8 Å². The first-order chi connectivity index (χ1) is 15.4. The molecule has 0 bridgehead atoms. The number of aromatic nitrogens is 3. The largest absolute Gasteiger partial charge is 0.497 e. The third-order valence-corrected chi connectivity index (χ3v) is 5.39. The van der Waals surface area contributed by atoms with Crippen LogP contribution in [-0.2, 0) is 23.1 Å². The van der Waals surface area contributed by atoms with Gasteiger partial charge in [-0.05, 0) is 48.5 Å². The summed E-state index contributed by atoms with van der Waals surface area (Å²) in [5, 5.41) is 23.0. The maximum atomic E-state index is 12.3. The van der Waals surface area contributed by atoms with Crippen LogP contribution in [0.2, 0.25) is 0 Å². The highest BCUT2D eigenvalue weighted by Gasteiger charge is 2.15. The molecule has 0 radical (unpaired) electrons. The number of carbonyl (C=O) groups excluding carboxylic acids is 2. The number of methoxy groups -OCH3 is 1. The standard InChI is InChI=1S/C21H21N5O5S/c1-26-17(11-18(27)22-15-7-9-16(31-2)10-8-15)24-25-21(26)32-12-19(28)23-14-5-3-13(4-6-14)20(29)30/h3-10H,11-12H2,1-2H3,(H,22,27)(H,23,28)(H,29,30). The highest BCUT2D eigenvalue weighted by atomic mass is 32.2. The number of nitrogens with zero attached hydrogens (tertiary/aromatic N) is 3. The van der Waals surface area contributed by atoms with Crippen LogP contribution in [0.5, 0.6) is 5.75 Å². The van der Waals surface area contributed by atoms with Gasteiger partial charge in [0.05, 0.1) is 24.8 Å². The highest BCUT2D eigenvalue weighted by molar-refractivity contribution is 7.99. The van der Waals surface area contributed by atoms with Crippen LogP contribution in [-0.4, -0.2) is 50.5 Å². The normalized spacial score (nSPS) is 10.4. The Kier molecular flexibility index (Phi) is 7.45. The van der Waals surface area contributed by atoms with E-state index in [9.17, 15) is 14.4 Å². The van der Waals surface area contributed by atoms with E-state index in [4.69, 9.17) is 9.84 Å². The summed E-state index contributed by atoms with van der Waals surface area (Å²) in [6.45, 7) is 0.